The van der Waals surface area contributed by atoms with Gasteiger partial charge in [0, 0.05) is 12.3 Å². The van der Waals surface area contributed by atoms with E-state index < -0.39 is 27.4 Å². The highest BCUT2D eigenvalue weighted by Crippen LogP contribution is 2.34. The summed E-state index contributed by atoms with van der Waals surface area (Å²) >= 11 is 0. The third-order valence-electron chi connectivity index (χ3n) is 6.09. The van der Waals surface area contributed by atoms with E-state index >= 15 is 0 Å². The number of methoxy groups -OCH3 is 1. The summed E-state index contributed by atoms with van der Waals surface area (Å²) in [6, 6.07) is 13.0. The first-order valence-electron chi connectivity index (χ1n) is 11.0. The fourth-order valence-electron chi connectivity index (χ4n) is 4.28. The van der Waals surface area contributed by atoms with E-state index in [4.69, 9.17) is 9.84 Å². The number of halogens is 1. The average Bonchev–Trinajstić information content (AvgIpc) is 2.84. The number of carboxylic acid groups (broad SMARTS) is 1. The van der Waals surface area contributed by atoms with Crippen molar-refractivity contribution < 1.29 is 27.4 Å². The maximum Gasteiger partial charge on any atom is 0.338 e. The summed E-state index contributed by atoms with van der Waals surface area (Å²) in [5.41, 5.74) is 1.97. The zero-order chi connectivity index (χ0) is 24.3. The predicted octanol–water partition coefficient (Wildman–Crippen LogP) is 5.44. The average molecular weight is 485 g/mol. The number of pyridine rings is 1. The number of aromatic nitrogens is 1. The van der Waals surface area contributed by atoms with Crippen LogP contribution in [0.4, 0.5) is 10.1 Å². The molecule has 4 rings (SSSR count). The van der Waals surface area contributed by atoms with Crippen LogP contribution in [0, 0.1) is 5.82 Å². The van der Waals surface area contributed by atoms with Crippen LogP contribution >= 0.6 is 0 Å². The Morgan fingerprint density at radius 2 is 1.76 bits per heavy atom. The van der Waals surface area contributed by atoms with E-state index in [9.17, 15) is 17.6 Å². The lowest BCUT2D eigenvalue weighted by Crippen LogP contribution is -2.16. The molecule has 9 heteroatoms. The lowest BCUT2D eigenvalue weighted by Gasteiger charge is -2.22. The minimum absolute atomic E-state index is 0.128. The van der Waals surface area contributed by atoms with Gasteiger partial charge in [0.2, 0.25) is 0 Å². The molecule has 34 heavy (non-hydrogen) atoms. The number of hydrogen-bond donors (Lipinski definition) is 2. The SMILES string of the molecule is COc1cc(C(=O)O)c(F)cc1NS(=O)(=O)c1cc(-c2ccc(C3CCCCC3)cc2)ccn1. The smallest absolute Gasteiger partial charge is 0.338 e. The normalized spacial score (nSPS) is 14.5. The Morgan fingerprint density at radius 1 is 1.06 bits per heavy atom. The fourth-order valence-corrected chi connectivity index (χ4v) is 5.32. The summed E-state index contributed by atoms with van der Waals surface area (Å²) in [6.45, 7) is 0. The Bertz CT molecular complexity index is 1300. The molecule has 0 radical (unpaired) electrons. The zero-order valence-corrected chi connectivity index (χ0v) is 19.4. The number of carbonyl (C=O) groups is 1. The number of ether oxygens (including phenoxy) is 1. The highest BCUT2D eigenvalue weighted by atomic mass is 32.2. The Morgan fingerprint density at radius 3 is 2.41 bits per heavy atom. The van der Waals surface area contributed by atoms with Gasteiger partial charge in [-0.05, 0) is 53.6 Å². The molecule has 7 nitrogen and oxygen atoms in total. The van der Waals surface area contributed by atoms with E-state index in [1.54, 1.807) is 6.07 Å². The van der Waals surface area contributed by atoms with Crippen molar-refractivity contribution in [3.05, 3.63) is 71.7 Å². The molecule has 0 unspecified atom stereocenters. The molecule has 2 N–H and O–H groups in total. The second-order valence-corrected chi connectivity index (χ2v) is 9.91. The number of nitrogens with one attached hydrogen (secondary N) is 1. The molecule has 0 spiro atoms. The van der Waals surface area contributed by atoms with Gasteiger partial charge in [0.05, 0.1) is 18.4 Å². The number of carboxylic acids is 1. The molecule has 0 bridgehead atoms. The summed E-state index contributed by atoms with van der Waals surface area (Å²) < 4.78 is 47.4. The van der Waals surface area contributed by atoms with Crippen LogP contribution in [0.25, 0.3) is 11.1 Å². The van der Waals surface area contributed by atoms with Crippen molar-refractivity contribution in [2.24, 2.45) is 0 Å². The standard InChI is InChI=1S/C25H25FN2O5S/c1-33-23-14-20(25(29)30)21(26)15-22(23)28-34(31,32)24-13-19(11-12-27-24)18-9-7-17(8-10-18)16-5-3-2-4-6-16/h7-16,28H,2-6H2,1H3,(H,29,30). The van der Waals surface area contributed by atoms with E-state index in [1.165, 1.54) is 57.0 Å². The van der Waals surface area contributed by atoms with Crippen molar-refractivity contribution in [3.8, 4) is 16.9 Å². The van der Waals surface area contributed by atoms with E-state index in [0.29, 0.717) is 11.5 Å². The maximum absolute atomic E-state index is 14.2. The Labute approximate surface area is 197 Å². The van der Waals surface area contributed by atoms with Gasteiger partial charge >= 0.3 is 5.97 Å². The maximum atomic E-state index is 14.2. The second-order valence-electron chi connectivity index (χ2n) is 8.28. The molecular weight excluding hydrogens is 459 g/mol. The van der Waals surface area contributed by atoms with Gasteiger partial charge in [-0.25, -0.2) is 14.2 Å². The first-order chi connectivity index (χ1) is 16.3. The minimum atomic E-state index is -4.21. The summed E-state index contributed by atoms with van der Waals surface area (Å²) in [5, 5.41) is 8.81. The van der Waals surface area contributed by atoms with E-state index in [1.807, 2.05) is 12.1 Å². The van der Waals surface area contributed by atoms with Crippen molar-refractivity contribution in [1.82, 2.24) is 4.98 Å². The number of sulfonamides is 1. The molecule has 1 heterocycles. The van der Waals surface area contributed by atoms with Gasteiger partial charge < -0.3 is 9.84 Å². The van der Waals surface area contributed by atoms with Crippen LogP contribution in [0.3, 0.4) is 0 Å². The zero-order valence-electron chi connectivity index (χ0n) is 18.6. The van der Waals surface area contributed by atoms with Crippen LogP contribution in [0.1, 0.15) is 53.9 Å². The van der Waals surface area contributed by atoms with E-state index in [0.717, 1.165) is 17.7 Å². The molecule has 0 aliphatic heterocycles. The van der Waals surface area contributed by atoms with Crippen LogP contribution in [0.15, 0.2) is 59.8 Å². The summed E-state index contributed by atoms with van der Waals surface area (Å²) in [6.07, 6.45) is 7.57. The van der Waals surface area contributed by atoms with Crippen LogP contribution < -0.4 is 9.46 Å². The topological polar surface area (TPSA) is 106 Å². The lowest BCUT2D eigenvalue weighted by atomic mass is 9.84. The highest BCUT2D eigenvalue weighted by Gasteiger charge is 2.22. The van der Waals surface area contributed by atoms with Gasteiger partial charge in [0.1, 0.15) is 11.6 Å². The first-order valence-corrected chi connectivity index (χ1v) is 12.5. The molecule has 1 fully saturated rings. The Kier molecular flexibility index (Phi) is 6.83. The largest absolute Gasteiger partial charge is 0.495 e. The third kappa shape index (κ3) is 5.04. The van der Waals surface area contributed by atoms with Gasteiger partial charge in [0.25, 0.3) is 10.0 Å². The van der Waals surface area contributed by atoms with E-state index in [2.05, 4.69) is 21.8 Å². The molecule has 178 valence electrons. The van der Waals surface area contributed by atoms with Crippen LogP contribution in [-0.2, 0) is 10.0 Å². The van der Waals surface area contributed by atoms with Crippen LogP contribution in [0.5, 0.6) is 5.75 Å². The van der Waals surface area contributed by atoms with E-state index in [-0.39, 0.29) is 16.5 Å². The summed E-state index contributed by atoms with van der Waals surface area (Å²) in [7, 11) is -2.98. The molecule has 1 aliphatic rings. The van der Waals surface area contributed by atoms with Crippen molar-refractivity contribution in [2.45, 2.75) is 43.0 Å². The third-order valence-corrected chi connectivity index (χ3v) is 7.36. The Hall–Kier alpha value is -3.46. The molecule has 0 atom stereocenters. The molecular formula is C25H25FN2O5S. The van der Waals surface area contributed by atoms with Crippen molar-refractivity contribution in [3.63, 3.8) is 0 Å². The van der Waals surface area contributed by atoms with Gasteiger partial charge in [0.15, 0.2) is 5.03 Å². The monoisotopic (exact) mass is 484 g/mol. The minimum Gasteiger partial charge on any atom is -0.495 e. The first kappa shape index (κ1) is 23.7. The summed E-state index contributed by atoms with van der Waals surface area (Å²) in [4.78, 5) is 15.1. The molecule has 0 amide bonds. The number of benzene rings is 2. The molecule has 0 saturated heterocycles. The second kappa shape index (κ2) is 9.80. The van der Waals surface area contributed by atoms with Gasteiger partial charge in [-0.1, -0.05) is 43.5 Å². The fraction of sp³-hybridized carbons (Fsp3) is 0.280. The quantitative estimate of drug-likeness (QED) is 0.462. The van der Waals surface area contributed by atoms with Gasteiger partial charge in [-0.2, -0.15) is 8.42 Å². The molecule has 3 aromatic rings. The van der Waals surface area contributed by atoms with Gasteiger partial charge in [-0.3, -0.25) is 4.72 Å². The highest BCUT2D eigenvalue weighted by molar-refractivity contribution is 7.92. The molecule has 1 aromatic heterocycles. The molecule has 1 saturated carbocycles. The molecule has 2 aromatic carbocycles. The van der Waals surface area contributed by atoms with Crippen LogP contribution in [-0.4, -0.2) is 31.6 Å². The van der Waals surface area contributed by atoms with Gasteiger partial charge in [-0.15, -0.1) is 0 Å². The van der Waals surface area contributed by atoms with Crippen molar-refractivity contribution >= 4 is 21.7 Å². The number of rotatable bonds is 7. The van der Waals surface area contributed by atoms with Crippen LogP contribution in [0.2, 0.25) is 0 Å². The predicted molar refractivity (Wildman–Crippen MR) is 126 cm³/mol. The lowest BCUT2D eigenvalue weighted by molar-refractivity contribution is 0.0691. The van der Waals surface area contributed by atoms with Crippen molar-refractivity contribution in [1.29, 1.82) is 0 Å². The number of anilines is 1. The summed E-state index contributed by atoms with van der Waals surface area (Å²) in [5.74, 6) is -2.14. The number of hydrogen-bond acceptors (Lipinski definition) is 5. The van der Waals surface area contributed by atoms with Crippen molar-refractivity contribution in [2.75, 3.05) is 11.8 Å². The molecule has 1 aliphatic carbocycles. The number of aromatic carboxylic acids is 1. The number of nitrogens with zero attached hydrogens (tertiary/aromatic N) is 1. The Balaban J connectivity index is 1.60.